The molecule has 0 amide bonds. The molecule has 1 aromatic rings. The minimum absolute atomic E-state index is 0.0712. The third kappa shape index (κ3) is 2.43. The van der Waals surface area contributed by atoms with Gasteiger partial charge in [0.05, 0.1) is 11.9 Å². The van der Waals surface area contributed by atoms with Crippen LogP contribution in [0.3, 0.4) is 0 Å². The second kappa shape index (κ2) is 5.23. The van der Waals surface area contributed by atoms with Crippen LogP contribution in [0.1, 0.15) is 13.3 Å². The second-order valence-electron chi connectivity index (χ2n) is 3.70. The minimum atomic E-state index is -0.0712. The average molecular weight is 304 g/mol. The van der Waals surface area contributed by atoms with Crippen molar-refractivity contribution in [2.24, 2.45) is 0 Å². The number of thioether (sulfide) groups is 1. The lowest BCUT2D eigenvalue weighted by molar-refractivity contribution is 0.612. The maximum atomic E-state index is 11.8. The largest absolute Gasteiger partial charge is 0.379 e. The highest BCUT2D eigenvalue weighted by molar-refractivity contribution is 9.10. The fourth-order valence-electron chi connectivity index (χ4n) is 1.66. The van der Waals surface area contributed by atoms with Gasteiger partial charge in [0, 0.05) is 18.3 Å². The molecule has 0 bridgehead atoms. The highest BCUT2D eigenvalue weighted by atomic mass is 79.9. The first-order valence-corrected chi connectivity index (χ1v) is 7.27. The summed E-state index contributed by atoms with van der Waals surface area (Å²) in [4.78, 5) is 11.8. The Morgan fingerprint density at radius 3 is 3.19 bits per heavy atom. The van der Waals surface area contributed by atoms with Crippen LogP contribution in [0, 0.1) is 0 Å². The van der Waals surface area contributed by atoms with Crippen molar-refractivity contribution < 1.29 is 0 Å². The molecule has 6 heteroatoms. The first-order chi connectivity index (χ1) is 7.72. The first-order valence-electron chi connectivity index (χ1n) is 5.32. The van der Waals surface area contributed by atoms with Crippen LogP contribution in [0.5, 0.6) is 0 Å². The maximum Gasteiger partial charge on any atom is 0.283 e. The summed E-state index contributed by atoms with van der Waals surface area (Å²) in [5, 5.41) is 7.46. The lowest BCUT2D eigenvalue weighted by atomic mass is 10.2. The first kappa shape index (κ1) is 12.0. The van der Waals surface area contributed by atoms with Crippen LogP contribution in [0.2, 0.25) is 0 Å². The molecule has 2 rings (SSSR count). The van der Waals surface area contributed by atoms with Gasteiger partial charge in [0.2, 0.25) is 0 Å². The summed E-state index contributed by atoms with van der Waals surface area (Å²) < 4.78 is 2.03. The van der Waals surface area contributed by atoms with Gasteiger partial charge in [0.1, 0.15) is 4.47 Å². The number of aryl methyl sites for hydroxylation is 1. The predicted molar refractivity (Wildman–Crippen MR) is 71.2 cm³/mol. The quantitative estimate of drug-likeness (QED) is 0.927. The Labute approximate surface area is 107 Å². The third-order valence-corrected chi connectivity index (χ3v) is 4.50. The number of nitrogens with zero attached hydrogens (tertiary/aromatic N) is 2. The predicted octanol–water partition coefficient (Wildman–Crippen LogP) is 1.94. The number of rotatable bonds is 3. The van der Waals surface area contributed by atoms with E-state index in [4.69, 9.17) is 0 Å². The highest BCUT2D eigenvalue weighted by Crippen LogP contribution is 2.23. The highest BCUT2D eigenvalue weighted by Gasteiger charge is 2.17. The third-order valence-electron chi connectivity index (χ3n) is 2.57. The van der Waals surface area contributed by atoms with Crippen LogP contribution in [0.4, 0.5) is 5.69 Å². The number of hydrogen-bond acceptors (Lipinski definition) is 4. The zero-order valence-electron chi connectivity index (χ0n) is 9.07. The normalized spacial score (nSPS) is 20.0. The van der Waals surface area contributed by atoms with Crippen molar-refractivity contribution in [2.45, 2.75) is 25.9 Å². The number of halogens is 1. The van der Waals surface area contributed by atoms with E-state index in [9.17, 15) is 4.79 Å². The van der Waals surface area contributed by atoms with Crippen molar-refractivity contribution in [3.05, 3.63) is 21.0 Å². The lowest BCUT2D eigenvalue weighted by Crippen LogP contribution is -2.26. The van der Waals surface area contributed by atoms with Crippen LogP contribution in [-0.4, -0.2) is 27.3 Å². The van der Waals surface area contributed by atoms with Gasteiger partial charge in [-0.1, -0.05) is 0 Å². The van der Waals surface area contributed by atoms with Crippen molar-refractivity contribution in [1.82, 2.24) is 9.78 Å². The number of nitrogens with one attached hydrogen (secondary N) is 1. The Morgan fingerprint density at radius 2 is 2.56 bits per heavy atom. The Balaban J connectivity index is 2.21. The van der Waals surface area contributed by atoms with Crippen molar-refractivity contribution in [3.63, 3.8) is 0 Å². The molecule has 16 heavy (non-hydrogen) atoms. The Bertz CT molecular complexity index is 429. The molecule has 1 N–H and O–H groups in total. The number of hydrogen-bond donors (Lipinski definition) is 1. The molecule has 0 radical (unpaired) electrons. The molecule has 88 valence electrons. The lowest BCUT2D eigenvalue weighted by Gasteiger charge is -2.14. The Kier molecular flexibility index (Phi) is 3.91. The smallest absolute Gasteiger partial charge is 0.283 e. The van der Waals surface area contributed by atoms with Crippen LogP contribution in [0.25, 0.3) is 0 Å². The summed E-state index contributed by atoms with van der Waals surface area (Å²) in [6.45, 7) is 2.50. The van der Waals surface area contributed by atoms with Crippen molar-refractivity contribution >= 4 is 33.4 Å². The van der Waals surface area contributed by atoms with Crippen LogP contribution in [-0.2, 0) is 6.54 Å². The van der Waals surface area contributed by atoms with Gasteiger partial charge in [-0.25, -0.2) is 4.68 Å². The molecule has 1 atom stereocenters. The molecule has 0 saturated carbocycles. The van der Waals surface area contributed by atoms with Gasteiger partial charge in [0.15, 0.2) is 0 Å². The van der Waals surface area contributed by atoms with E-state index in [-0.39, 0.29) is 5.56 Å². The summed E-state index contributed by atoms with van der Waals surface area (Å²) >= 11 is 5.27. The van der Waals surface area contributed by atoms with Crippen molar-refractivity contribution in [3.8, 4) is 0 Å². The molecule has 1 aliphatic rings. The molecule has 0 aliphatic carbocycles. The SMILES string of the molecule is CCn1ncc(NC2CCSC2)c(Br)c1=O. The summed E-state index contributed by atoms with van der Waals surface area (Å²) in [5.41, 5.74) is 0.736. The van der Waals surface area contributed by atoms with Gasteiger partial charge >= 0.3 is 0 Å². The van der Waals surface area contributed by atoms with E-state index in [2.05, 4.69) is 26.3 Å². The molecule has 1 unspecified atom stereocenters. The molecule has 1 aromatic heterocycles. The van der Waals surface area contributed by atoms with E-state index < -0.39 is 0 Å². The van der Waals surface area contributed by atoms with E-state index >= 15 is 0 Å². The van der Waals surface area contributed by atoms with Gasteiger partial charge in [-0.3, -0.25) is 4.79 Å². The Hall–Kier alpha value is -0.490. The van der Waals surface area contributed by atoms with E-state index in [0.717, 1.165) is 17.9 Å². The summed E-state index contributed by atoms with van der Waals surface area (Å²) in [5.74, 6) is 2.29. The number of anilines is 1. The fourth-order valence-corrected chi connectivity index (χ4v) is 3.23. The molecule has 0 spiro atoms. The molecule has 0 aromatic carbocycles. The number of aromatic nitrogens is 2. The van der Waals surface area contributed by atoms with Gasteiger partial charge in [0.25, 0.3) is 5.56 Å². The average Bonchev–Trinajstić information content (AvgIpc) is 2.78. The maximum absolute atomic E-state index is 11.8. The molecule has 2 heterocycles. The van der Waals surface area contributed by atoms with Crippen LogP contribution < -0.4 is 10.9 Å². The molecular formula is C10H14BrN3OS. The van der Waals surface area contributed by atoms with Gasteiger partial charge in [-0.05, 0) is 35.0 Å². The Morgan fingerprint density at radius 1 is 1.75 bits per heavy atom. The van der Waals surface area contributed by atoms with Gasteiger partial charge in [-0.2, -0.15) is 16.9 Å². The minimum Gasteiger partial charge on any atom is -0.379 e. The zero-order valence-corrected chi connectivity index (χ0v) is 11.5. The van der Waals surface area contributed by atoms with Crippen molar-refractivity contribution in [1.29, 1.82) is 0 Å². The molecule has 1 fully saturated rings. The van der Waals surface area contributed by atoms with Crippen LogP contribution >= 0.6 is 27.7 Å². The monoisotopic (exact) mass is 303 g/mol. The second-order valence-corrected chi connectivity index (χ2v) is 5.64. The van der Waals surface area contributed by atoms with Crippen molar-refractivity contribution in [2.75, 3.05) is 16.8 Å². The molecular weight excluding hydrogens is 290 g/mol. The summed E-state index contributed by atoms with van der Waals surface area (Å²) in [6.07, 6.45) is 2.87. The zero-order chi connectivity index (χ0) is 11.5. The summed E-state index contributed by atoms with van der Waals surface area (Å²) in [7, 11) is 0. The van der Waals surface area contributed by atoms with E-state index in [0.29, 0.717) is 17.1 Å². The fraction of sp³-hybridized carbons (Fsp3) is 0.600. The molecule has 4 nitrogen and oxygen atoms in total. The van der Waals surface area contributed by atoms with Gasteiger partial charge < -0.3 is 5.32 Å². The topological polar surface area (TPSA) is 46.9 Å². The standard InChI is InChI=1S/C10H14BrN3OS/c1-2-14-10(15)9(11)8(5-12-14)13-7-3-4-16-6-7/h5,7,13H,2-4,6H2,1H3. The summed E-state index contributed by atoms with van der Waals surface area (Å²) in [6, 6.07) is 0.458. The van der Waals surface area contributed by atoms with E-state index in [1.807, 2.05) is 18.7 Å². The molecule has 1 aliphatic heterocycles. The van der Waals surface area contributed by atoms with E-state index in [1.54, 1.807) is 6.20 Å². The molecule has 1 saturated heterocycles. The van der Waals surface area contributed by atoms with Gasteiger partial charge in [-0.15, -0.1) is 0 Å². The van der Waals surface area contributed by atoms with Crippen LogP contribution in [0.15, 0.2) is 15.5 Å². The van der Waals surface area contributed by atoms with E-state index in [1.165, 1.54) is 10.4 Å².